The predicted molar refractivity (Wildman–Crippen MR) is 354 cm³/mol. The fraction of sp³-hybridized carbons (Fsp3) is 0.942. The molecule has 0 saturated carbocycles. The minimum atomic E-state index is -4.95. The highest BCUT2D eigenvalue weighted by molar-refractivity contribution is 7.47. The summed E-state index contributed by atoms with van der Waals surface area (Å²) in [7, 11) is -9.89. The van der Waals surface area contributed by atoms with Crippen LogP contribution in [0.3, 0.4) is 0 Å². The third kappa shape index (κ3) is 62.8. The van der Waals surface area contributed by atoms with E-state index < -0.39 is 97.5 Å². The molecule has 3 N–H and O–H groups in total. The maximum absolute atomic E-state index is 13.0. The molecule has 17 nitrogen and oxygen atoms in total. The van der Waals surface area contributed by atoms with E-state index in [0.29, 0.717) is 25.7 Å². The smallest absolute Gasteiger partial charge is 0.462 e. The first-order valence-electron chi connectivity index (χ1n) is 36.1. The van der Waals surface area contributed by atoms with E-state index in [1.54, 1.807) is 0 Å². The molecule has 0 heterocycles. The lowest BCUT2D eigenvalue weighted by atomic mass is 10.0. The number of aliphatic hydroxyl groups is 1. The molecule has 0 radical (unpaired) electrons. The highest BCUT2D eigenvalue weighted by atomic mass is 31.2. The Balaban J connectivity index is 5.11. The van der Waals surface area contributed by atoms with E-state index in [2.05, 4.69) is 34.6 Å². The van der Waals surface area contributed by atoms with Gasteiger partial charge in [-0.05, 0) is 31.6 Å². The molecule has 0 rings (SSSR count). The van der Waals surface area contributed by atoms with Gasteiger partial charge >= 0.3 is 39.5 Å². The first-order chi connectivity index (χ1) is 42.5. The molecule has 19 heteroatoms. The molecule has 0 fully saturated rings. The summed E-state index contributed by atoms with van der Waals surface area (Å²) in [4.78, 5) is 72.2. The van der Waals surface area contributed by atoms with E-state index in [1.165, 1.54) is 167 Å². The van der Waals surface area contributed by atoms with Gasteiger partial charge in [-0.1, -0.05) is 304 Å². The second-order valence-electron chi connectivity index (χ2n) is 25.4. The Bertz CT molecular complexity index is 1700. The van der Waals surface area contributed by atoms with Crippen LogP contribution in [-0.2, 0) is 65.4 Å². The number of ether oxygens (including phenoxy) is 4. The third-order valence-corrected chi connectivity index (χ3v) is 17.9. The Morgan fingerprint density at radius 3 is 0.773 bits per heavy atom. The summed E-state index contributed by atoms with van der Waals surface area (Å²) >= 11 is 0. The van der Waals surface area contributed by atoms with E-state index in [9.17, 15) is 43.2 Å². The summed E-state index contributed by atoms with van der Waals surface area (Å²) in [6.07, 6.45) is 48.8. The molecule has 0 aromatic rings. The van der Waals surface area contributed by atoms with E-state index in [0.717, 1.165) is 109 Å². The molecule has 0 bridgehead atoms. The number of rotatable bonds is 69. The Morgan fingerprint density at radius 2 is 0.523 bits per heavy atom. The molecular weight excluding hydrogens is 1160 g/mol. The Hall–Kier alpha value is -1.94. The van der Waals surface area contributed by atoms with Gasteiger partial charge in [-0.3, -0.25) is 37.3 Å². The summed E-state index contributed by atoms with van der Waals surface area (Å²) in [6.45, 7) is 7.21. The number of hydrogen-bond acceptors (Lipinski definition) is 15. The van der Waals surface area contributed by atoms with E-state index in [1.807, 2.05) is 0 Å². The fourth-order valence-electron chi connectivity index (χ4n) is 10.5. The van der Waals surface area contributed by atoms with Crippen LogP contribution in [-0.4, -0.2) is 96.7 Å². The van der Waals surface area contributed by atoms with Gasteiger partial charge in [-0.15, -0.1) is 0 Å². The van der Waals surface area contributed by atoms with Gasteiger partial charge in [-0.25, -0.2) is 9.13 Å². The topological polar surface area (TPSA) is 237 Å². The maximum Gasteiger partial charge on any atom is 0.472 e. The predicted octanol–water partition coefficient (Wildman–Crippen LogP) is 19.7. The molecule has 0 aliphatic rings. The number of esters is 4. The lowest BCUT2D eigenvalue weighted by Gasteiger charge is -2.21. The number of unbranched alkanes of at least 4 members (excludes halogenated alkanes) is 41. The molecule has 0 saturated heterocycles. The van der Waals surface area contributed by atoms with Crippen LogP contribution in [0.15, 0.2) is 0 Å². The van der Waals surface area contributed by atoms with Gasteiger partial charge in [0.15, 0.2) is 12.2 Å². The Kier molecular flexibility index (Phi) is 61.1. The van der Waals surface area contributed by atoms with Crippen LogP contribution >= 0.6 is 15.6 Å². The standard InChI is InChI=1S/C69H134O17P2/c1-6-9-12-15-18-20-29-34-38-43-48-53-67(72)80-59-65(86-69(74)55-50-45-40-35-31-28-26-24-22-21-23-25-27-30-33-37-41-46-51-62(4)5)61-84-88(77,78)82-57-63(70)56-81-87(75,76)83-60-64(58-79-66(71)52-47-42-36-17-14-11-8-3)85-68(73)54-49-44-39-32-19-16-13-10-7-2/h62-65,70H,6-61H2,1-5H3,(H,75,76)(H,77,78)/t63-,64+,65+/m0/s1. The normalized spacial score (nSPS) is 14.1. The van der Waals surface area contributed by atoms with Gasteiger partial charge in [0, 0.05) is 25.7 Å². The van der Waals surface area contributed by atoms with Crippen LogP contribution in [0.5, 0.6) is 0 Å². The van der Waals surface area contributed by atoms with Crippen molar-refractivity contribution in [2.45, 2.75) is 374 Å². The van der Waals surface area contributed by atoms with E-state index >= 15 is 0 Å². The number of carbonyl (C=O) groups excluding carboxylic acids is 4. The van der Waals surface area contributed by atoms with Gasteiger partial charge in [-0.2, -0.15) is 0 Å². The SMILES string of the molecule is CCCCCCCCCCCCCC(=O)OC[C@H](COP(=O)(O)OC[C@@H](O)COP(=O)(O)OC[C@@H](COC(=O)CCCCCCCCC)OC(=O)CCCCCCCCCCC)OC(=O)CCCCCCCCCCCCCCCCCCCCC(C)C. The largest absolute Gasteiger partial charge is 0.472 e. The minimum Gasteiger partial charge on any atom is -0.462 e. The molecule has 0 aromatic carbocycles. The Morgan fingerprint density at radius 1 is 0.307 bits per heavy atom. The summed E-state index contributed by atoms with van der Waals surface area (Å²) < 4.78 is 68.0. The average molecular weight is 1300 g/mol. The lowest BCUT2D eigenvalue weighted by Crippen LogP contribution is -2.30. The summed E-state index contributed by atoms with van der Waals surface area (Å²) in [5.41, 5.74) is 0. The molecular formula is C69H134O17P2. The zero-order valence-corrected chi connectivity index (χ0v) is 58.6. The molecule has 0 aromatic heterocycles. The van der Waals surface area contributed by atoms with Crippen LogP contribution in [0.1, 0.15) is 356 Å². The minimum absolute atomic E-state index is 0.106. The van der Waals surface area contributed by atoms with Gasteiger partial charge < -0.3 is 33.8 Å². The number of hydrogen-bond donors (Lipinski definition) is 3. The molecule has 0 aliphatic heterocycles. The quantitative estimate of drug-likeness (QED) is 0.0222. The second kappa shape index (κ2) is 62.5. The van der Waals surface area contributed by atoms with Crippen molar-refractivity contribution in [3.8, 4) is 0 Å². The number of aliphatic hydroxyl groups excluding tert-OH is 1. The van der Waals surface area contributed by atoms with E-state index in [-0.39, 0.29) is 25.7 Å². The molecule has 88 heavy (non-hydrogen) atoms. The molecule has 522 valence electrons. The molecule has 0 aliphatic carbocycles. The number of phosphoric ester groups is 2. The monoisotopic (exact) mass is 1300 g/mol. The van der Waals surface area contributed by atoms with Crippen LogP contribution in [0.25, 0.3) is 0 Å². The van der Waals surface area contributed by atoms with Gasteiger partial charge in [0.25, 0.3) is 0 Å². The highest BCUT2D eigenvalue weighted by Gasteiger charge is 2.30. The summed E-state index contributed by atoms with van der Waals surface area (Å²) in [6, 6.07) is 0. The van der Waals surface area contributed by atoms with Crippen LogP contribution in [0, 0.1) is 5.92 Å². The van der Waals surface area contributed by atoms with Crippen molar-refractivity contribution >= 4 is 39.5 Å². The summed E-state index contributed by atoms with van der Waals surface area (Å²) in [5, 5.41) is 10.5. The van der Waals surface area contributed by atoms with E-state index in [4.69, 9.17) is 37.0 Å². The van der Waals surface area contributed by atoms with Crippen molar-refractivity contribution < 1.29 is 80.2 Å². The maximum atomic E-state index is 13.0. The van der Waals surface area contributed by atoms with Crippen LogP contribution < -0.4 is 0 Å². The lowest BCUT2D eigenvalue weighted by molar-refractivity contribution is -0.161. The van der Waals surface area contributed by atoms with Gasteiger partial charge in [0.1, 0.15) is 19.3 Å². The van der Waals surface area contributed by atoms with Crippen molar-refractivity contribution in [3.63, 3.8) is 0 Å². The van der Waals surface area contributed by atoms with Crippen LogP contribution in [0.2, 0.25) is 0 Å². The van der Waals surface area contributed by atoms with Crippen molar-refractivity contribution in [1.82, 2.24) is 0 Å². The second-order valence-corrected chi connectivity index (χ2v) is 28.3. The molecule has 5 atom stereocenters. The van der Waals surface area contributed by atoms with Crippen molar-refractivity contribution in [1.29, 1.82) is 0 Å². The van der Waals surface area contributed by atoms with Crippen molar-refractivity contribution in [2.24, 2.45) is 5.92 Å². The van der Waals surface area contributed by atoms with Crippen molar-refractivity contribution in [2.75, 3.05) is 39.6 Å². The average Bonchev–Trinajstić information content (AvgIpc) is 3.52. The van der Waals surface area contributed by atoms with Crippen molar-refractivity contribution in [3.05, 3.63) is 0 Å². The zero-order valence-electron chi connectivity index (χ0n) is 56.9. The first kappa shape index (κ1) is 86.1. The fourth-order valence-corrected chi connectivity index (χ4v) is 12.0. The summed E-state index contributed by atoms with van der Waals surface area (Å²) in [5.74, 6) is -1.31. The number of carbonyl (C=O) groups is 4. The highest BCUT2D eigenvalue weighted by Crippen LogP contribution is 2.45. The third-order valence-electron chi connectivity index (χ3n) is 16.0. The molecule has 0 spiro atoms. The number of phosphoric acid groups is 2. The Labute approximate surface area is 537 Å². The zero-order chi connectivity index (χ0) is 64.9. The first-order valence-corrected chi connectivity index (χ1v) is 39.1. The van der Waals surface area contributed by atoms with Crippen LogP contribution in [0.4, 0.5) is 0 Å². The van der Waals surface area contributed by atoms with Gasteiger partial charge in [0.2, 0.25) is 0 Å². The molecule has 0 amide bonds. The molecule has 2 unspecified atom stereocenters. The van der Waals surface area contributed by atoms with Gasteiger partial charge in [0.05, 0.1) is 26.4 Å².